The van der Waals surface area contributed by atoms with Crippen LogP contribution in [0.15, 0.2) is 78.9 Å². The molecule has 2 N–H and O–H groups in total. The molecule has 1 aliphatic rings. The minimum atomic E-state index is -0.329. The third-order valence-corrected chi connectivity index (χ3v) is 4.70. The number of hydrogen-bond acceptors (Lipinski definition) is 5. The van der Waals surface area contributed by atoms with Crippen LogP contribution >= 0.6 is 0 Å². The Balaban J connectivity index is 0.000000656. The van der Waals surface area contributed by atoms with Gasteiger partial charge in [-0.15, -0.1) is 0 Å². The summed E-state index contributed by atoms with van der Waals surface area (Å²) >= 11 is 0. The number of aromatic hydroxyl groups is 1. The van der Waals surface area contributed by atoms with Crippen molar-refractivity contribution in [1.29, 1.82) is 0 Å². The fourth-order valence-electron chi connectivity index (χ4n) is 2.75. The van der Waals surface area contributed by atoms with Gasteiger partial charge in [-0.05, 0) is 37.8 Å². The molecule has 35 heavy (non-hydrogen) atoms. The normalized spacial score (nSPS) is 12.4. The van der Waals surface area contributed by atoms with Gasteiger partial charge in [0, 0.05) is 18.6 Å². The molecule has 0 aromatic heterocycles. The Morgan fingerprint density at radius 2 is 1.37 bits per heavy atom. The summed E-state index contributed by atoms with van der Waals surface area (Å²) in [6, 6.07) is 8.71. The highest BCUT2D eigenvalue weighted by Crippen LogP contribution is 2.08. The Hall–Kier alpha value is -3.41. The van der Waals surface area contributed by atoms with Crippen LogP contribution in [-0.2, 0) is 19.1 Å². The number of amides is 2. The van der Waals surface area contributed by atoms with Gasteiger partial charge < -0.3 is 9.84 Å². The van der Waals surface area contributed by atoms with E-state index in [1.165, 1.54) is 57.8 Å². The zero-order valence-corrected chi connectivity index (χ0v) is 21.2. The molecular formula is C29H41NO5. The lowest BCUT2D eigenvalue weighted by molar-refractivity contribution is -0.140. The number of allylic oxidation sites excluding steroid dienone is 6. The van der Waals surface area contributed by atoms with Crippen LogP contribution in [-0.4, -0.2) is 30.0 Å². The predicted octanol–water partition coefficient (Wildman–Crippen LogP) is 6.34. The van der Waals surface area contributed by atoms with Crippen molar-refractivity contribution < 1.29 is 24.2 Å². The summed E-state index contributed by atoms with van der Waals surface area (Å²) in [6.45, 7) is 2.21. The molecule has 1 aromatic rings. The number of nitrogens with one attached hydrogen (secondary N) is 1. The molecule has 0 fully saturated rings. The van der Waals surface area contributed by atoms with Crippen LogP contribution in [0.4, 0.5) is 0 Å². The number of carbonyl (C=O) groups excluding carboxylic acids is 3. The lowest BCUT2D eigenvalue weighted by Crippen LogP contribution is -2.19. The van der Waals surface area contributed by atoms with Crippen LogP contribution in [0, 0.1) is 0 Å². The van der Waals surface area contributed by atoms with Crippen LogP contribution in [0.2, 0.25) is 0 Å². The van der Waals surface area contributed by atoms with Gasteiger partial charge in [-0.1, -0.05) is 93.7 Å². The highest BCUT2D eigenvalue weighted by molar-refractivity contribution is 6.12. The number of phenols is 1. The molecule has 0 bridgehead atoms. The van der Waals surface area contributed by atoms with Gasteiger partial charge in [-0.2, -0.15) is 0 Å². The van der Waals surface area contributed by atoms with Crippen molar-refractivity contribution in [3.05, 3.63) is 78.9 Å². The van der Waals surface area contributed by atoms with E-state index in [4.69, 9.17) is 5.11 Å². The van der Waals surface area contributed by atoms with Crippen LogP contribution in [0.1, 0.15) is 71.1 Å². The fourth-order valence-corrected chi connectivity index (χ4v) is 2.75. The number of ether oxygens (including phenoxy) is 1. The van der Waals surface area contributed by atoms with Crippen LogP contribution in [0.25, 0.3) is 0 Å². The van der Waals surface area contributed by atoms with Crippen molar-refractivity contribution in [1.82, 2.24) is 5.32 Å². The molecule has 6 nitrogen and oxygen atoms in total. The van der Waals surface area contributed by atoms with Gasteiger partial charge in [0.15, 0.2) is 0 Å². The van der Waals surface area contributed by atoms with E-state index in [1.807, 2.05) is 11.4 Å². The molecule has 6 heteroatoms. The number of imide groups is 1. The predicted molar refractivity (Wildman–Crippen MR) is 142 cm³/mol. The quantitative estimate of drug-likeness (QED) is 0.148. The molecule has 192 valence electrons. The number of esters is 1. The van der Waals surface area contributed by atoms with Crippen molar-refractivity contribution in [3.8, 4) is 5.75 Å². The molecule has 0 radical (unpaired) electrons. The maximum atomic E-state index is 10.9. The van der Waals surface area contributed by atoms with E-state index in [1.54, 1.807) is 24.3 Å². The summed E-state index contributed by atoms with van der Waals surface area (Å²) in [5.74, 6) is -0.425. The van der Waals surface area contributed by atoms with Gasteiger partial charge >= 0.3 is 5.97 Å². The molecule has 0 atom stereocenters. The second-order valence-corrected chi connectivity index (χ2v) is 7.79. The monoisotopic (exact) mass is 483 g/mol. The Morgan fingerprint density at radius 1 is 0.829 bits per heavy atom. The average molecular weight is 484 g/mol. The molecule has 0 saturated heterocycles. The fraction of sp³-hybridized carbons (Fsp3) is 0.414. The first-order valence-electron chi connectivity index (χ1n) is 12.3. The number of carbonyl (C=O) groups is 3. The van der Waals surface area contributed by atoms with Crippen molar-refractivity contribution in [2.24, 2.45) is 0 Å². The number of rotatable bonds is 13. The van der Waals surface area contributed by atoms with E-state index < -0.39 is 0 Å². The molecule has 1 aliphatic heterocycles. The summed E-state index contributed by atoms with van der Waals surface area (Å²) in [5, 5.41) is 10.7. The second-order valence-electron chi connectivity index (χ2n) is 7.79. The lowest BCUT2D eigenvalue weighted by Gasteiger charge is -1.99. The van der Waals surface area contributed by atoms with Gasteiger partial charge in [0.2, 0.25) is 0 Å². The van der Waals surface area contributed by atoms with Gasteiger partial charge in [0.1, 0.15) is 5.75 Å². The molecular weight excluding hydrogens is 442 g/mol. The smallest absolute Gasteiger partial charge is 0.305 e. The minimum Gasteiger partial charge on any atom is -0.508 e. The van der Waals surface area contributed by atoms with Crippen molar-refractivity contribution in [3.63, 3.8) is 0 Å². The summed E-state index contributed by atoms with van der Waals surface area (Å²) in [4.78, 5) is 31.0. The summed E-state index contributed by atoms with van der Waals surface area (Å²) in [5.41, 5.74) is 0. The maximum absolute atomic E-state index is 10.9. The maximum Gasteiger partial charge on any atom is 0.305 e. The Morgan fingerprint density at radius 3 is 1.83 bits per heavy atom. The van der Waals surface area contributed by atoms with E-state index in [2.05, 4.69) is 48.1 Å². The number of hydrogen-bond donors (Lipinski definition) is 2. The first kappa shape index (κ1) is 31.6. The molecule has 2 rings (SSSR count). The topological polar surface area (TPSA) is 92.7 Å². The van der Waals surface area contributed by atoms with Crippen molar-refractivity contribution in [2.45, 2.75) is 71.1 Å². The summed E-state index contributed by atoms with van der Waals surface area (Å²) < 4.78 is 4.61. The Kier molecular flexibility index (Phi) is 21.4. The third kappa shape index (κ3) is 23.5. The average Bonchev–Trinajstić information content (AvgIpc) is 3.25. The standard InChI is InChI=1S/C19H32O2.C6H6O.C4H3NO2/c1-3-4-5-6-7-8-9-10-11-12-13-14-15-16-17-18-19(20)21-2;7-6-4-2-1-3-5-6;6-3-1-2-4(7)5-3/h6-11H,3-5,12-18H2,1-2H3;1-5,7H;1-2H,(H,5,6,7). The van der Waals surface area contributed by atoms with E-state index in [9.17, 15) is 14.4 Å². The van der Waals surface area contributed by atoms with Gasteiger partial charge in [0.05, 0.1) is 7.11 Å². The number of phenolic OH excluding ortho intramolecular Hbond substituents is 1. The first-order chi connectivity index (χ1) is 17.0. The SMILES string of the molecule is CCCCC=CC=CC=CCCCCCCCC(=O)OC.O=C1C=CC(=O)N1.Oc1ccccc1. The molecule has 0 saturated carbocycles. The van der Waals surface area contributed by atoms with Crippen molar-refractivity contribution >= 4 is 17.8 Å². The summed E-state index contributed by atoms with van der Waals surface area (Å²) in [7, 11) is 1.45. The van der Waals surface area contributed by atoms with E-state index in [-0.39, 0.29) is 17.8 Å². The molecule has 1 heterocycles. The van der Waals surface area contributed by atoms with E-state index in [0.29, 0.717) is 12.2 Å². The van der Waals surface area contributed by atoms with Crippen LogP contribution in [0.3, 0.4) is 0 Å². The summed E-state index contributed by atoms with van der Waals surface area (Å²) in [6.07, 6.45) is 26.5. The molecule has 0 unspecified atom stereocenters. The molecule has 2 amide bonds. The van der Waals surface area contributed by atoms with E-state index in [0.717, 1.165) is 19.3 Å². The zero-order chi connectivity index (χ0) is 26.0. The van der Waals surface area contributed by atoms with E-state index >= 15 is 0 Å². The molecule has 0 spiro atoms. The van der Waals surface area contributed by atoms with Gasteiger partial charge in [-0.25, -0.2) is 0 Å². The number of para-hydroxylation sites is 1. The minimum absolute atomic E-state index is 0.0894. The van der Waals surface area contributed by atoms with Gasteiger partial charge in [-0.3, -0.25) is 19.7 Å². The zero-order valence-electron chi connectivity index (χ0n) is 21.2. The molecule has 0 aliphatic carbocycles. The largest absolute Gasteiger partial charge is 0.508 e. The lowest BCUT2D eigenvalue weighted by atomic mass is 10.1. The van der Waals surface area contributed by atoms with Crippen LogP contribution < -0.4 is 5.32 Å². The Bertz CT molecular complexity index is 794. The first-order valence-corrected chi connectivity index (χ1v) is 12.3. The van der Waals surface area contributed by atoms with Crippen LogP contribution in [0.5, 0.6) is 5.75 Å². The number of methoxy groups -OCH3 is 1. The van der Waals surface area contributed by atoms with Gasteiger partial charge in [0.25, 0.3) is 11.8 Å². The highest BCUT2D eigenvalue weighted by Gasteiger charge is 2.06. The van der Waals surface area contributed by atoms with Crippen molar-refractivity contribution in [2.75, 3.05) is 7.11 Å². The third-order valence-electron chi connectivity index (χ3n) is 4.70. The number of benzene rings is 1. The second kappa shape index (κ2) is 23.7. The molecule has 1 aromatic carbocycles. The highest BCUT2D eigenvalue weighted by atomic mass is 16.5. The number of unbranched alkanes of at least 4 members (excludes halogenated alkanes) is 7. The Labute approximate surface area is 210 Å².